The Labute approximate surface area is 233 Å². The lowest BCUT2D eigenvalue weighted by molar-refractivity contribution is -0.147. The highest BCUT2D eigenvalue weighted by Gasteiger charge is 2.40. The van der Waals surface area contributed by atoms with Gasteiger partial charge in [0.25, 0.3) is 0 Å². The Morgan fingerprint density at radius 1 is 1.05 bits per heavy atom. The molecular formula is C32H52O5Si. The first-order valence-electron chi connectivity index (χ1n) is 14.5. The van der Waals surface area contributed by atoms with Crippen LogP contribution in [-0.2, 0) is 25.3 Å². The van der Waals surface area contributed by atoms with Crippen molar-refractivity contribution in [3.05, 3.63) is 54.1 Å². The summed E-state index contributed by atoms with van der Waals surface area (Å²) in [6.45, 7) is 14.0. The summed E-state index contributed by atoms with van der Waals surface area (Å²) >= 11 is 0. The molecule has 0 radical (unpaired) electrons. The van der Waals surface area contributed by atoms with Crippen molar-refractivity contribution in [3.63, 3.8) is 0 Å². The van der Waals surface area contributed by atoms with Crippen LogP contribution in [0.2, 0.25) is 18.1 Å². The molecule has 1 aliphatic rings. The Morgan fingerprint density at radius 3 is 2.39 bits per heavy atom. The van der Waals surface area contributed by atoms with Gasteiger partial charge in [-0.15, -0.1) is 0 Å². The van der Waals surface area contributed by atoms with Gasteiger partial charge in [-0.05, 0) is 74.0 Å². The summed E-state index contributed by atoms with van der Waals surface area (Å²) in [5.41, 5.74) is 1.09. The van der Waals surface area contributed by atoms with E-state index in [-0.39, 0.29) is 29.3 Å². The molecule has 0 aliphatic carbocycles. The van der Waals surface area contributed by atoms with Gasteiger partial charge in [0.15, 0.2) is 8.32 Å². The highest BCUT2D eigenvalue weighted by atomic mass is 28.4. The summed E-state index contributed by atoms with van der Waals surface area (Å²) in [5.74, 6) is 0.736. The van der Waals surface area contributed by atoms with Gasteiger partial charge >= 0.3 is 5.97 Å². The Kier molecular flexibility index (Phi) is 13.8. The van der Waals surface area contributed by atoms with Gasteiger partial charge in [0, 0.05) is 6.42 Å². The third-order valence-corrected chi connectivity index (χ3v) is 12.1. The molecule has 214 valence electrons. The van der Waals surface area contributed by atoms with E-state index in [1.165, 1.54) is 12.8 Å². The maximum absolute atomic E-state index is 12.4. The number of benzene rings is 1. The van der Waals surface area contributed by atoms with E-state index in [2.05, 4.69) is 65.1 Å². The Morgan fingerprint density at radius 2 is 1.74 bits per heavy atom. The normalized spacial score (nSPS) is 19.9. The third kappa shape index (κ3) is 11.5. The first-order valence-corrected chi connectivity index (χ1v) is 17.4. The molecule has 1 aliphatic heterocycles. The smallest absolute Gasteiger partial charge is 0.306 e. The SMILES string of the molecule is CC/C=C\C[C@H](OCc1ccc(OC)cc1)[C@@H](/C=C/[C@@H]1CCCCCCCC(=O)O1)O[Si](C)(C)C(C)(C)C. The van der Waals surface area contributed by atoms with E-state index in [1.54, 1.807) is 7.11 Å². The molecule has 0 spiro atoms. The average Bonchev–Trinajstić information content (AvgIpc) is 2.87. The van der Waals surface area contributed by atoms with Crippen molar-refractivity contribution < 1.29 is 23.4 Å². The molecule has 2 rings (SSSR count). The molecule has 38 heavy (non-hydrogen) atoms. The van der Waals surface area contributed by atoms with E-state index >= 15 is 0 Å². The van der Waals surface area contributed by atoms with Crippen LogP contribution in [0, 0.1) is 0 Å². The predicted octanol–water partition coefficient (Wildman–Crippen LogP) is 8.54. The Balaban J connectivity index is 2.30. The van der Waals surface area contributed by atoms with Crippen LogP contribution < -0.4 is 4.74 Å². The second kappa shape index (κ2) is 16.3. The van der Waals surface area contributed by atoms with E-state index in [0.29, 0.717) is 13.0 Å². The lowest BCUT2D eigenvalue weighted by atomic mass is 10.0. The lowest BCUT2D eigenvalue weighted by Gasteiger charge is -2.40. The Hall–Kier alpha value is -1.89. The van der Waals surface area contributed by atoms with Crippen LogP contribution in [0.4, 0.5) is 0 Å². The van der Waals surface area contributed by atoms with Crippen LogP contribution in [-0.4, -0.2) is 39.7 Å². The fourth-order valence-corrected chi connectivity index (χ4v) is 5.44. The van der Waals surface area contributed by atoms with E-state index in [4.69, 9.17) is 18.6 Å². The van der Waals surface area contributed by atoms with Gasteiger partial charge in [-0.3, -0.25) is 4.79 Å². The number of ether oxygens (including phenoxy) is 3. The zero-order valence-electron chi connectivity index (χ0n) is 25.0. The highest BCUT2D eigenvalue weighted by Crippen LogP contribution is 2.38. The second-order valence-electron chi connectivity index (χ2n) is 11.9. The van der Waals surface area contributed by atoms with Crippen molar-refractivity contribution in [2.45, 2.75) is 129 Å². The molecule has 6 heteroatoms. The van der Waals surface area contributed by atoms with Crippen LogP contribution in [0.5, 0.6) is 5.75 Å². The average molecular weight is 545 g/mol. The van der Waals surface area contributed by atoms with Crippen molar-refractivity contribution in [2.24, 2.45) is 0 Å². The molecule has 0 N–H and O–H groups in total. The molecule has 0 aromatic heterocycles. The molecule has 1 saturated heterocycles. The monoisotopic (exact) mass is 544 g/mol. The molecule has 1 aromatic rings. The quantitative estimate of drug-likeness (QED) is 0.150. The van der Waals surface area contributed by atoms with E-state index < -0.39 is 8.32 Å². The number of rotatable bonds is 12. The first kappa shape index (κ1) is 32.3. The Bertz CT molecular complexity index is 869. The summed E-state index contributed by atoms with van der Waals surface area (Å²) in [5, 5.41) is 0.0573. The van der Waals surface area contributed by atoms with Crippen molar-refractivity contribution >= 4 is 14.3 Å². The number of esters is 1. The molecule has 1 heterocycles. The molecule has 1 fully saturated rings. The topological polar surface area (TPSA) is 54.0 Å². The fourth-order valence-electron chi connectivity index (χ4n) is 4.18. The zero-order chi connectivity index (χ0) is 28.0. The van der Waals surface area contributed by atoms with Gasteiger partial charge < -0.3 is 18.6 Å². The van der Waals surface area contributed by atoms with Gasteiger partial charge in [0.1, 0.15) is 11.9 Å². The number of hydrogen-bond donors (Lipinski definition) is 0. The van der Waals surface area contributed by atoms with E-state index in [1.807, 2.05) is 24.3 Å². The largest absolute Gasteiger partial charge is 0.497 e. The molecular weight excluding hydrogens is 492 g/mol. The second-order valence-corrected chi connectivity index (χ2v) is 16.6. The number of hydrogen-bond acceptors (Lipinski definition) is 5. The number of allylic oxidation sites excluding steroid dienone is 1. The van der Waals surface area contributed by atoms with Crippen LogP contribution in [0.1, 0.15) is 91.0 Å². The minimum absolute atomic E-state index is 0.0573. The summed E-state index contributed by atoms with van der Waals surface area (Å²) in [6.07, 6.45) is 16.4. The van der Waals surface area contributed by atoms with E-state index in [0.717, 1.165) is 49.8 Å². The van der Waals surface area contributed by atoms with Crippen LogP contribution >= 0.6 is 0 Å². The number of methoxy groups -OCH3 is 1. The van der Waals surface area contributed by atoms with Crippen LogP contribution in [0.3, 0.4) is 0 Å². The summed E-state index contributed by atoms with van der Waals surface area (Å²) < 4.78 is 24.7. The minimum Gasteiger partial charge on any atom is -0.497 e. The van der Waals surface area contributed by atoms with Crippen molar-refractivity contribution in [2.75, 3.05) is 7.11 Å². The lowest BCUT2D eigenvalue weighted by Crippen LogP contribution is -2.47. The zero-order valence-corrected chi connectivity index (χ0v) is 26.0. The molecule has 0 amide bonds. The van der Waals surface area contributed by atoms with Gasteiger partial charge in [0.05, 0.1) is 25.9 Å². The maximum atomic E-state index is 12.4. The fraction of sp³-hybridized carbons (Fsp3) is 0.656. The summed E-state index contributed by atoms with van der Waals surface area (Å²) in [4.78, 5) is 12.4. The van der Waals surface area contributed by atoms with Gasteiger partial charge in [-0.25, -0.2) is 0 Å². The standard InChI is InChI=1S/C32H52O5Si/c1-8-9-13-17-29(35-25-26-19-21-27(34-5)22-20-26)30(37-38(6,7)32(2,3)4)24-23-28-16-14-11-10-12-15-18-31(33)36-28/h9,13,19-24,28-30H,8,10-12,14-18,25H2,1-7H3/b13-9-,24-23+/t28-,29-,30+/m0/s1. The van der Waals surface area contributed by atoms with Crippen molar-refractivity contribution in [1.29, 1.82) is 0 Å². The molecule has 0 bridgehead atoms. The molecule has 1 aromatic carbocycles. The third-order valence-electron chi connectivity index (χ3n) is 7.67. The van der Waals surface area contributed by atoms with E-state index in [9.17, 15) is 4.79 Å². The number of carbonyl (C=O) groups is 1. The molecule has 0 unspecified atom stereocenters. The van der Waals surface area contributed by atoms with Gasteiger partial charge in [0.2, 0.25) is 0 Å². The van der Waals surface area contributed by atoms with Crippen LogP contribution in [0.15, 0.2) is 48.6 Å². The molecule has 5 nitrogen and oxygen atoms in total. The molecule has 3 atom stereocenters. The van der Waals surface area contributed by atoms with Crippen molar-refractivity contribution in [3.8, 4) is 5.75 Å². The first-order chi connectivity index (χ1) is 18.1. The molecule has 0 saturated carbocycles. The van der Waals surface area contributed by atoms with Gasteiger partial charge in [-0.2, -0.15) is 0 Å². The number of carbonyl (C=O) groups excluding carboxylic acids is 1. The van der Waals surface area contributed by atoms with Crippen LogP contribution in [0.25, 0.3) is 0 Å². The summed E-state index contributed by atoms with van der Waals surface area (Å²) in [6, 6.07) is 8.00. The number of cyclic esters (lactones) is 1. The van der Waals surface area contributed by atoms with Crippen molar-refractivity contribution in [1.82, 2.24) is 0 Å². The minimum atomic E-state index is -2.11. The highest BCUT2D eigenvalue weighted by molar-refractivity contribution is 6.74. The predicted molar refractivity (Wildman–Crippen MR) is 159 cm³/mol. The maximum Gasteiger partial charge on any atom is 0.306 e. The summed E-state index contributed by atoms with van der Waals surface area (Å²) in [7, 11) is -0.438. The van der Waals surface area contributed by atoms with Gasteiger partial charge in [-0.1, -0.05) is 77.3 Å².